The van der Waals surface area contributed by atoms with Crippen LogP contribution in [0, 0.1) is 29.0 Å². The van der Waals surface area contributed by atoms with Crippen molar-refractivity contribution < 1.29 is 19.2 Å². The van der Waals surface area contributed by atoms with Crippen molar-refractivity contribution in [2.75, 3.05) is 50.6 Å². The second kappa shape index (κ2) is 12.3. The molecule has 1 saturated heterocycles. The van der Waals surface area contributed by atoms with Gasteiger partial charge in [-0.1, -0.05) is 39.5 Å². The van der Waals surface area contributed by atoms with Crippen molar-refractivity contribution in [3.05, 3.63) is 11.1 Å². The van der Waals surface area contributed by atoms with E-state index in [1.54, 1.807) is 0 Å². The summed E-state index contributed by atoms with van der Waals surface area (Å²) in [6, 6.07) is 0. The first-order valence-electron chi connectivity index (χ1n) is 12.6. The Labute approximate surface area is 217 Å². The molecule has 0 bridgehead atoms. The van der Waals surface area contributed by atoms with Crippen LogP contribution in [0.2, 0.25) is 5.28 Å². The molecule has 0 radical (unpaired) electrons. The molecule has 10 nitrogen and oxygen atoms in total. The summed E-state index contributed by atoms with van der Waals surface area (Å²) >= 11 is 6.12. The van der Waals surface area contributed by atoms with Crippen molar-refractivity contribution in [3.8, 4) is 0 Å². The van der Waals surface area contributed by atoms with Gasteiger partial charge in [0.2, 0.25) is 23.4 Å². The first-order valence-corrected chi connectivity index (χ1v) is 13.0. The molecule has 2 amide bonds. The van der Waals surface area contributed by atoms with Crippen molar-refractivity contribution in [3.63, 3.8) is 0 Å². The Balaban J connectivity index is 1.68. The molecule has 1 aromatic heterocycles. The summed E-state index contributed by atoms with van der Waals surface area (Å²) in [6.07, 6.45) is 5.90. The predicted octanol–water partition coefficient (Wildman–Crippen LogP) is 3.17. The van der Waals surface area contributed by atoms with Gasteiger partial charge in [0.25, 0.3) is 0 Å². The maximum absolute atomic E-state index is 15.4. The number of hydrogen-bond donors (Lipinski definition) is 3. The Morgan fingerprint density at radius 1 is 1.31 bits per heavy atom. The molecule has 2 atom stereocenters. The number of carbonyl (C=O) groups excluding carboxylic acids is 2. The van der Waals surface area contributed by atoms with E-state index in [9.17, 15) is 14.8 Å². The molecule has 2 unspecified atom stereocenters. The van der Waals surface area contributed by atoms with Gasteiger partial charge < -0.3 is 9.80 Å². The average molecular weight is 528 g/mol. The Morgan fingerprint density at radius 3 is 2.64 bits per heavy atom. The summed E-state index contributed by atoms with van der Waals surface area (Å²) < 4.78 is 15.4. The van der Waals surface area contributed by atoms with Crippen LogP contribution in [0.5, 0.6) is 0 Å². The van der Waals surface area contributed by atoms with Gasteiger partial charge in [-0.2, -0.15) is 14.4 Å². The van der Waals surface area contributed by atoms with Crippen LogP contribution in [0.1, 0.15) is 52.4 Å². The highest BCUT2D eigenvalue weighted by Gasteiger charge is 2.37. The zero-order valence-corrected chi connectivity index (χ0v) is 22.4. The number of hydroxylamine groups is 2. The summed E-state index contributed by atoms with van der Waals surface area (Å²) in [5, 5.41) is 9.98. The second-order valence-electron chi connectivity index (χ2n) is 11.1. The summed E-state index contributed by atoms with van der Waals surface area (Å²) in [5.74, 6) is -1.27. The summed E-state index contributed by atoms with van der Waals surface area (Å²) in [4.78, 5) is 35.9. The summed E-state index contributed by atoms with van der Waals surface area (Å²) in [6.45, 7) is 6.47. The van der Waals surface area contributed by atoms with Crippen LogP contribution < -0.4 is 15.8 Å². The maximum atomic E-state index is 15.4. The smallest absolute Gasteiger partial charge is 0.243 e. The van der Waals surface area contributed by atoms with Crippen molar-refractivity contribution in [2.45, 2.75) is 52.4 Å². The lowest BCUT2D eigenvalue weighted by Crippen LogP contribution is -2.41. The first kappa shape index (κ1) is 28.3. The van der Waals surface area contributed by atoms with Crippen molar-refractivity contribution in [1.82, 2.24) is 25.4 Å². The molecule has 12 heteroatoms. The van der Waals surface area contributed by atoms with Crippen LogP contribution in [-0.2, 0) is 9.59 Å². The minimum atomic E-state index is -0.699. The zero-order valence-electron chi connectivity index (χ0n) is 21.6. The molecule has 1 aromatic rings. The Hall–Kier alpha value is -2.24. The van der Waals surface area contributed by atoms with Gasteiger partial charge in [-0.25, -0.2) is 5.06 Å². The first-order chi connectivity index (χ1) is 17.0. The third-order valence-electron chi connectivity index (χ3n) is 7.42. The second-order valence-corrected chi connectivity index (χ2v) is 11.4. The molecule has 2 aliphatic rings. The minimum Gasteiger partial charge on any atom is -0.354 e. The van der Waals surface area contributed by atoms with E-state index in [1.165, 1.54) is 0 Å². The number of hydrogen-bond acceptors (Lipinski definition) is 8. The molecule has 0 spiro atoms. The minimum absolute atomic E-state index is 0.0387. The molecule has 1 aliphatic carbocycles. The molecular weight excluding hydrogens is 489 g/mol. The van der Waals surface area contributed by atoms with Gasteiger partial charge in [0.1, 0.15) is 0 Å². The van der Waals surface area contributed by atoms with E-state index in [2.05, 4.69) is 39.6 Å². The highest BCUT2D eigenvalue weighted by atomic mass is 35.5. The van der Waals surface area contributed by atoms with Crippen molar-refractivity contribution >= 4 is 35.6 Å². The van der Waals surface area contributed by atoms with Gasteiger partial charge in [-0.05, 0) is 55.8 Å². The fourth-order valence-corrected chi connectivity index (χ4v) is 5.80. The normalized spacial score (nSPS) is 19.6. The predicted molar refractivity (Wildman–Crippen MR) is 136 cm³/mol. The molecule has 3 rings (SSSR count). The quantitative estimate of drug-likeness (QED) is 0.164. The number of aromatic nitrogens is 2. The van der Waals surface area contributed by atoms with Crippen molar-refractivity contribution in [1.29, 1.82) is 0 Å². The van der Waals surface area contributed by atoms with E-state index in [0.717, 1.165) is 38.6 Å². The van der Waals surface area contributed by atoms with E-state index in [-0.39, 0.29) is 35.3 Å². The topological polar surface area (TPSA) is 114 Å². The number of halogens is 2. The summed E-state index contributed by atoms with van der Waals surface area (Å²) in [7, 11) is 4.08. The van der Waals surface area contributed by atoms with E-state index < -0.39 is 17.6 Å². The van der Waals surface area contributed by atoms with E-state index in [1.807, 2.05) is 19.0 Å². The van der Waals surface area contributed by atoms with E-state index >= 15 is 4.39 Å². The standard InChI is InChI=1S/C24H39ClFN7O3/c1-24(2,14-31(3)4)18-9-10-32(13-18)21-19(26)20(27-23(25)28-21)29-30-22(35)17(12-33(36)15-34)11-16-7-5-6-8-16/h15-18,36H,5-14H2,1-4H3,(H,30,35)(H,27,28,29). The van der Waals surface area contributed by atoms with Gasteiger partial charge in [-0.15, -0.1) is 0 Å². The van der Waals surface area contributed by atoms with Gasteiger partial charge in [-0.3, -0.25) is 25.6 Å². The molecule has 1 aliphatic heterocycles. The van der Waals surface area contributed by atoms with Crippen molar-refractivity contribution in [2.24, 2.45) is 23.2 Å². The molecule has 3 N–H and O–H groups in total. The van der Waals surface area contributed by atoms with E-state index in [0.29, 0.717) is 36.4 Å². The third-order valence-corrected chi connectivity index (χ3v) is 7.59. The van der Waals surface area contributed by atoms with Gasteiger partial charge in [0, 0.05) is 19.6 Å². The van der Waals surface area contributed by atoms with Gasteiger partial charge >= 0.3 is 0 Å². The molecular formula is C24H39ClFN7O3. The van der Waals surface area contributed by atoms with Crippen LogP contribution in [0.4, 0.5) is 16.0 Å². The number of rotatable bonds is 12. The number of nitrogens with zero attached hydrogens (tertiary/aromatic N) is 5. The largest absolute Gasteiger partial charge is 0.354 e. The molecule has 2 fully saturated rings. The van der Waals surface area contributed by atoms with Crippen LogP contribution >= 0.6 is 11.6 Å². The monoisotopic (exact) mass is 527 g/mol. The number of anilines is 2. The molecule has 0 aromatic carbocycles. The third kappa shape index (κ3) is 7.39. The number of carbonyl (C=O) groups is 2. The molecule has 202 valence electrons. The molecule has 36 heavy (non-hydrogen) atoms. The number of nitrogens with one attached hydrogen (secondary N) is 2. The lowest BCUT2D eigenvalue weighted by atomic mass is 9.78. The van der Waals surface area contributed by atoms with Crippen LogP contribution in [0.15, 0.2) is 0 Å². The molecule has 2 heterocycles. The average Bonchev–Trinajstić information content (AvgIpc) is 3.50. The number of amides is 2. The van der Waals surface area contributed by atoms with Gasteiger partial charge in [0.15, 0.2) is 11.6 Å². The number of hydrazine groups is 1. The Bertz CT molecular complexity index is 914. The lowest BCUT2D eigenvalue weighted by molar-refractivity contribution is -0.154. The van der Waals surface area contributed by atoms with Crippen LogP contribution in [0.3, 0.4) is 0 Å². The van der Waals surface area contributed by atoms with E-state index in [4.69, 9.17) is 11.6 Å². The SMILES string of the molecule is CN(C)CC(C)(C)C1CCN(c2nc(Cl)nc(NNC(=O)C(CC3CCCC3)CN(O)C=O)c2F)C1. The highest BCUT2D eigenvalue weighted by Crippen LogP contribution is 2.37. The maximum Gasteiger partial charge on any atom is 0.243 e. The summed E-state index contributed by atoms with van der Waals surface area (Å²) in [5.41, 5.74) is 5.08. The van der Waals surface area contributed by atoms with Crippen LogP contribution in [-0.4, -0.2) is 77.7 Å². The Morgan fingerprint density at radius 2 is 2.00 bits per heavy atom. The molecule has 1 saturated carbocycles. The Kier molecular flexibility index (Phi) is 9.71. The van der Waals surface area contributed by atoms with Gasteiger partial charge in [0.05, 0.1) is 12.5 Å². The lowest BCUT2D eigenvalue weighted by Gasteiger charge is -2.34. The van der Waals surface area contributed by atoms with Crippen LogP contribution in [0.25, 0.3) is 0 Å². The fourth-order valence-electron chi connectivity index (χ4n) is 5.64. The zero-order chi connectivity index (χ0) is 26.5. The highest BCUT2D eigenvalue weighted by molar-refractivity contribution is 6.28. The fraction of sp³-hybridized carbons (Fsp3) is 0.750.